The molecule has 0 saturated carbocycles. The van der Waals surface area contributed by atoms with Crippen LogP contribution in [0.5, 0.6) is 5.75 Å². The number of hydrogen-bond donors (Lipinski definition) is 1. The monoisotopic (exact) mass is 375 g/mol. The van der Waals surface area contributed by atoms with Crippen molar-refractivity contribution in [3.05, 3.63) is 64.4 Å². The van der Waals surface area contributed by atoms with Crippen LogP contribution in [0.3, 0.4) is 0 Å². The smallest absolute Gasteiger partial charge is 0.131 e. The zero-order valence-electron chi connectivity index (χ0n) is 14.6. The molecule has 0 aromatic heterocycles. The van der Waals surface area contributed by atoms with Gasteiger partial charge in [0.15, 0.2) is 0 Å². The van der Waals surface area contributed by atoms with Crippen LogP contribution < -0.4 is 4.74 Å². The first-order chi connectivity index (χ1) is 12.6. The highest BCUT2D eigenvalue weighted by Gasteiger charge is 2.39. The van der Waals surface area contributed by atoms with Gasteiger partial charge in [0.05, 0.1) is 11.1 Å². The van der Waals surface area contributed by atoms with E-state index in [-0.39, 0.29) is 18.5 Å². The van der Waals surface area contributed by atoms with E-state index in [0.717, 1.165) is 19.4 Å². The Bertz CT molecular complexity index is 750. The summed E-state index contributed by atoms with van der Waals surface area (Å²) >= 11 is 6.06. The van der Waals surface area contributed by atoms with Crippen molar-refractivity contribution in [3.63, 3.8) is 0 Å². The molecule has 0 amide bonds. The van der Waals surface area contributed by atoms with Gasteiger partial charge in [-0.1, -0.05) is 29.8 Å². The number of rotatable bonds is 5. The first-order valence-corrected chi connectivity index (χ1v) is 9.56. The molecule has 3 nitrogen and oxygen atoms in total. The zero-order chi connectivity index (χ0) is 18.1. The molecule has 1 unspecified atom stereocenters. The number of ether oxygens (including phenoxy) is 1. The molecule has 138 valence electrons. The van der Waals surface area contributed by atoms with E-state index >= 15 is 0 Å². The molecule has 2 aliphatic heterocycles. The van der Waals surface area contributed by atoms with E-state index in [9.17, 15) is 9.50 Å². The van der Waals surface area contributed by atoms with E-state index in [2.05, 4.69) is 11.0 Å². The highest BCUT2D eigenvalue weighted by atomic mass is 35.5. The van der Waals surface area contributed by atoms with Crippen LogP contribution in [0.15, 0.2) is 42.5 Å². The van der Waals surface area contributed by atoms with Crippen LogP contribution in [0.2, 0.25) is 5.02 Å². The van der Waals surface area contributed by atoms with Crippen molar-refractivity contribution in [2.75, 3.05) is 0 Å². The van der Waals surface area contributed by atoms with Crippen molar-refractivity contribution in [1.29, 1.82) is 0 Å². The standard InChI is InChI=1S/C21H23ClFNO2/c22-20-5-2-6-21(23)19(20)13-26-18-4-1-3-14(9-18)12-24-15-7-8-16(24)11-17(25)10-15/h1-6,9,15-17,25H,7-8,10-13H2/t15-,16+,17?. The molecular formula is C21H23ClFNO2. The molecule has 0 aliphatic carbocycles. The summed E-state index contributed by atoms with van der Waals surface area (Å²) in [4.78, 5) is 2.51. The summed E-state index contributed by atoms with van der Waals surface area (Å²) in [5.41, 5.74) is 1.55. The second-order valence-corrected chi connectivity index (χ2v) is 7.73. The highest BCUT2D eigenvalue weighted by molar-refractivity contribution is 6.31. The van der Waals surface area contributed by atoms with Crippen molar-refractivity contribution >= 4 is 11.6 Å². The summed E-state index contributed by atoms with van der Waals surface area (Å²) in [5, 5.41) is 10.3. The van der Waals surface area contributed by atoms with Gasteiger partial charge < -0.3 is 9.84 Å². The lowest BCUT2D eigenvalue weighted by molar-refractivity contribution is 0.0310. The van der Waals surface area contributed by atoms with Gasteiger partial charge in [-0.15, -0.1) is 0 Å². The Morgan fingerprint density at radius 1 is 1.12 bits per heavy atom. The molecule has 2 saturated heterocycles. The van der Waals surface area contributed by atoms with E-state index in [1.165, 1.54) is 24.5 Å². The molecule has 2 aromatic carbocycles. The van der Waals surface area contributed by atoms with Gasteiger partial charge in [-0.2, -0.15) is 0 Å². The van der Waals surface area contributed by atoms with Crippen molar-refractivity contribution in [2.24, 2.45) is 0 Å². The van der Waals surface area contributed by atoms with E-state index in [4.69, 9.17) is 16.3 Å². The summed E-state index contributed by atoms with van der Waals surface area (Å²) in [7, 11) is 0. The number of halogens is 2. The van der Waals surface area contributed by atoms with Crippen LogP contribution in [0, 0.1) is 5.82 Å². The molecule has 1 N–H and O–H groups in total. The van der Waals surface area contributed by atoms with Crippen LogP contribution in [-0.4, -0.2) is 28.2 Å². The lowest BCUT2D eigenvalue weighted by atomic mass is 9.99. The first kappa shape index (κ1) is 17.8. The van der Waals surface area contributed by atoms with E-state index in [1.807, 2.05) is 18.2 Å². The maximum atomic E-state index is 13.9. The minimum absolute atomic E-state index is 0.107. The Balaban J connectivity index is 1.43. The van der Waals surface area contributed by atoms with Gasteiger partial charge in [0.2, 0.25) is 0 Å². The van der Waals surface area contributed by atoms with E-state index < -0.39 is 0 Å². The fourth-order valence-corrected chi connectivity index (χ4v) is 4.49. The fraction of sp³-hybridized carbons (Fsp3) is 0.429. The average Bonchev–Trinajstić information content (AvgIpc) is 2.85. The molecule has 0 spiro atoms. The first-order valence-electron chi connectivity index (χ1n) is 9.18. The number of aliphatic hydroxyl groups excluding tert-OH is 1. The maximum Gasteiger partial charge on any atom is 0.131 e. The molecule has 2 fully saturated rings. The van der Waals surface area contributed by atoms with Crippen LogP contribution in [0.25, 0.3) is 0 Å². The molecule has 0 radical (unpaired) electrons. The molecule has 2 heterocycles. The lowest BCUT2D eigenvalue weighted by Gasteiger charge is -2.37. The third-order valence-electron chi connectivity index (χ3n) is 5.57. The van der Waals surface area contributed by atoms with Gasteiger partial charge >= 0.3 is 0 Å². The van der Waals surface area contributed by atoms with Crippen LogP contribution >= 0.6 is 11.6 Å². The second kappa shape index (κ2) is 7.55. The molecule has 3 atom stereocenters. The molecule has 2 bridgehead atoms. The van der Waals surface area contributed by atoms with E-state index in [0.29, 0.717) is 28.4 Å². The van der Waals surface area contributed by atoms with Crippen molar-refractivity contribution < 1.29 is 14.2 Å². The van der Waals surface area contributed by atoms with Crippen LogP contribution in [0.4, 0.5) is 4.39 Å². The van der Waals surface area contributed by atoms with Crippen LogP contribution in [-0.2, 0) is 13.2 Å². The summed E-state index contributed by atoms with van der Waals surface area (Å²) < 4.78 is 19.7. The van der Waals surface area contributed by atoms with Gasteiger partial charge in [-0.25, -0.2) is 4.39 Å². The zero-order valence-corrected chi connectivity index (χ0v) is 15.3. The number of piperidine rings is 1. The normalized spacial score (nSPS) is 25.4. The SMILES string of the molecule is OC1C[C@H]2CC[C@@H](C1)N2Cc1cccc(OCc2c(F)cccc2Cl)c1. The molecule has 26 heavy (non-hydrogen) atoms. The fourth-order valence-electron chi connectivity index (χ4n) is 4.27. The van der Waals surface area contributed by atoms with Gasteiger partial charge in [0, 0.05) is 24.2 Å². The minimum Gasteiger partial charge on any atom is -0.489 e. The Hall–Kier alpha value is -1.62. The Kier molecular flexibility index (Phi) is 5.16. The molecule has 5 heteroatoms. The maximum absolute atomic E-state index is 13.9. The highest BCUT2D eigenvalue weighted by Crippen LogP contribution is 2.37. The van der Waals surface area contributed by atoms with Gasteiger partial charge in [-0.3, -0.25) is 4.90 Å². The topological polar surface area (TPSA) is 32.7 Å². The molecule has 2 aliphatic rings. The number of hydrogen-bond acceptors (Lipinski definition) is 3. The van der Waals surface area contributed by atoms with Gasteiger partial charge in [0.25, 0.3) is 0 Å². The van der Waals surface area contributed by atoms with Gasteiger partial charge in [0.1, 0.15) is 18.2 Å². The molecular weight excluding hydrogens is 353 g/mol. The Morgan fingerprint density at radius 3 is 2.58 bits per heavy atom. The van der Waals surface area contributed by atoms with Crippen LogP contribution in [0.1, 0.15) is 36.8 Å². The second-order valence-electron chi connectivity index (χ2n) is 7.32. The number of fused-ring (bicyclic) bond motifs is 2. The quantitative estimate of drug-likeness (QED) is 0.832. The number of benzene rings is 2. The number of nitrogens with zero attached hydrogens (tertiary/aromatic N) is 1. The average molecular weight is 376 g/mol. The molecule has 2 aromatic rings. The van der Waals surface area contributed by atoms with Gasteiger partial charge in [-0.05, 0) is 55.5 Å². The largest absolute Gasteiger partial charge is 0.489 e. The third kappa shape index (κ3) is 3.73. The Labute approximate surface area is 158 Å². The van der Waals surface area contributed by atoms with Crippen molar-refractivity contribution in [1.82, 2.24) is 4.90 Å². The van der Waals surface area contributed by atoms with Crippen molar-refractivity contribution in [2.45, 2.75) is 57.0 Å². The summed E-state index contributed by atoms with van der Waals surface area (Å²) in [6.07, 6.45) is 3.94. The summed E-state index contributed by atoms with van der Waals surface area (Å²) in [6, 6.07) is 13.6. The Morgan fingerprint density at radius 2 is 1.85 bits per heavy atom. The predicted octanol–water partition coefficient (Wildman–Crippen LogP) is 4.55. The van der Waals surface area contributed by atoms with Crippen molar-refractivity contribution in [3.8, 4) is 5.75 Å². The number of aliphatic hydroxyl groups is 1. The van der Waals surface area contributed by atoms with E-state index in [1.54, 1.807) is 12.1 Å². The predicted molar refractivity (Wildman–Crippen MR) is 99.8 cm³/mol. The summed E-state index contributed by atoms with van der Waals surface area (Å²) in [5.74, 6) is 0.364. The third-order valence-corrected chi connectivity index (χ3v) is 5.92. The molecule has 4 rings (SSSR count). The minimum atomic E-state index is -0.350. The summed E-state index contributed by atoms with van der Waals surface area (Å²) in [6.45, 7) is 0.968. The lowest BCUT2D eigenvalue weighted by Crippen LogP contribution is -2.44.